The van der Waals surface area contributed by atoms with Crippen molar-refractivity contribution in [2.24, 2.45) is 5.73 Å². The zero-order valence-corrected chi connectivity index (χ0v) is 8.37. The van der Waals surface area contributed by atoms with E-state index in [4.69, 9.17) is 5.73 Å². The fraction of sp³-hybridized carbons (Fsp3) is 0.444. The molecular weight excluding hydrogens is 170 g/mol. The van der Waals surface area contributed by atoms with E-state index in [0.29, 0.717) is 0 Å². The van der Waals surface area contributed by atoms with Crippen LogP contribution in [0.3, 0.4) is 0 Å². The maximum absolute atomic E-state index is 11.1. The van der Waals surface area contributed by atoms with Crippen LogP contribution in [0.15, 0.2) is 12.1 Å². The third-order valence-corrected chi connectivity index (χ3v) is 3.30. The highest BCUT2D eigenvalue weighted by molar-refractivity contribution is 7.12. The molecule has 2 N–H and O–H groups in total. The highest BCUT2D eigenvalue weighted by Crippen LogP contribution is 2.29. The van der Waals surface area contributed by atoms with Gasteiger partial charge in [0.05, 0.1) is 5.41 Å². The molecule has 0 aromatic carbocycles. The quantitative estimate of drug-likeness (QED) is 0.746. The summed E-state index contributed by atoms with van der Waals surface area (Å²) in [6.45, 7) is 5.71. The van der Waals surface area contributed by atoms with Gasteiger partial charge < -0.3 is 5.73 Å². The maximum Gasteiger partial charge on any atom is 0.228 e. The van der Waals surface area contributed by atoms with Crippen LogP contribution in [0.5, 0.6) is 0 Å². The average Bonchev–Trinajstić information content (AvgIpc) is 2.35. The van der Waals surface area contributed by atoms with E-state index in [0.717, 1.165) is 4.88 Å². The second-order valence-corrected chi connectivity index (χ2v) is 4.69. The number of hydrogen-bond acceptors (Lipinski definition) is 2. The summed E-state index contributed by atoms with van der Waals surface area (Å²) in [6, 6.07) is 3.97. The van der Waals surface area contributed by atoms with E-state index in [1.54, 1.807) is 11.3 Å². The third-order valence-electron chi connectivity index (χ3n) is 1.97. The van der Waals surface area contributed by atoms with Gasteiger partial charge in [-0.2, -0.15) is 0 Å². The molecule has 3 heteroatoms. The molecule has 0 radical (unpaired) electrons. The fourth-order valence-electron chi connectivity index (χ4n) is 0.892. The molecule has 0 aliphatic heterocycles. The van der Waals surface area contributed by atoms with Crippen molar-refractivity contribution in [3.8, 4) is 0 Å². The van der Waals surface area contributed by atoms with Crippen LogP contribution < -0.4 is 5.73 Å². The lowest BCUT2D eigenvalue weighted by molar-refractivity contribution is -0.122. The Hall–Kier alpha value is -0.830. The number of amides is 1. The van der Waals surface area contributed by atoms with Crippen LogP contribution in [0.25, 0.3) is 0 Å². The van der Waals surface area contributed by atoms with Gasteiger partial charge in [0.1, 0.15) is 0 Å². The Morgan fingerprint density at radius 1 is 1.50 bits per heavy atom. The number of aryl methyl sites for hydroxylation is 1. The van der Waals surface area contributed by atoms with Gasteiger partial charge in [-0.25, -0.2) is 0 Å². The lowest BCUT2D eigenvalue weighted by Crippen LogP contribution is -2.34. The molecule has 1 rings (SSSR count). The first kappa shape index (κ1) is 9.26. The molecule has 0 spiro atoms. The predicted molar refractivity (Wildman–Crippen MR) is 51.3 cm³/mol. The van der Waals surface area contributed by atoms with Crippen LogP contribution in [0.2, 0.25) is 0 Å². The number of carbonyl (C=O) groups excluding carboxylic acids is 1. The van der Waals surface area contributed by atoms with Crippen molar-refractivity contribution in [2.45, 2.75) is 26.2 Å². The van der Waals surface area contributed by atoms with Gasteiger partial charge in [0.15, 0.2) is 0 Å². The molecular formula is C9H13NOS. The molecule has 1 aromatic heterocycles. The molecule has 12 heavy (non-hydrogen) atoms. The highest BCUT2D eigenvalue weighted by atomic mass is 32.1. The van der Waals surface area contributed by atoms with Gasteiger partial charge in [-0.15, -0.1) is 11.3 Å². The number of nitrogens with two attached hydrogens (primary N) is 1. The Balaban J connectivity index is 3.05. The normalized spacial score (nSPS) is 11.6. The SMILES string of the molecule is Cc1ccc(C(C)(C)C(N)=O)s1. The Labute approximate surface area is 76.4 Å². The van der Waals surface area contributed by atoms with Gasteiger partial charge in [0.2, 0.25) is 5.91 Å². The first-order valence-electron chi connectivity index (χ1n) is 3.81. The minimum atomic E-state index is -0.529. The van der Waals surface area contributed by atoms with E-state index in [1.807, 2.05) is 32.9 Å². The summed E-state index contributed by atoms with van der Waals surface area (Å²) in [5.41, 5.74) is 4.75. The number of carbonyl (C=O) groups is 1. The van der Waals surface area contributed by atoms with Gasteiger partial charge in [-0.3, -0.25) is 4.79 Å². The zero-order valence-electron chi connectivity index (χ0n) is 7.55. The average molecular weight is 183 g/mol. The standard InChI is InChI=1S/C9H13NOS/c1-6-4-5-7(12-6)9(2,3)8(10)11/h4-5H,1-3H3,(H2,10,11). The lowest BCUT2D eigenvalue weighted by atomic mass is 9.91. The summed E-state index contributed by atoms with van der Waals surface area (Å²) in [5.74, 6) is -0.274. The highest BCUT2D eigenvalue weighted by Gasteiger charge is 2.28. The van der Waals surface area contributed by atoms with Crippen molar-refractivity contribution in [1.29, 1.82) is 0 Å². The van der Waals surface area contributed by atoms with Crippen LogP contribution in [0, 0.1) is 6.92 Å². The molecule has 0 saturated carbocycles. The first-order chi connectivity index (χ1) is 5.44. The van der Waals surface area contributed by atoms with Crippen LogP contribution in [-0.2, 0) is 10.2 Å². The number of primary amides is 1. The van der Waals surface area contributed by atoms with Crippen molar-refractivity contribution in [3.05, 3.63) is 21.9 Å². The largest absolute Gasteiger partial charge is 0.369 e. The zero-order chi connectivity index (χ0) is 9.35. The molecule has 0 aliphatic carbocycles. The third kappa shape index (κ3) is 1.50. The van der Waals surface area contributed by atoms with Gasteiger partial charge in [-0.1, -0.05) is 0 Å². The van der Waals surface area contributed by atoms with Crippen LogP contribution in [-0.4, -0.2) is 5.91 Å². The van der Waals surface area contributed by atoms with Crippen molar-refractivity contribution < 1.29 is 4.79 Å². The number of hydrogen-bond donors (Lipinski definition) is 1. The molecule has 0 atom stereocenters. The summed E-state index contributed by atoms with van der Waals surface area (Å²) < 4.78 is 0. The monoisotopic (exact) mass is 183 g/mol. The van der Waals surface area contributed by atoms with Crippen LogP contribution in [0.1, 0.15) is 23.6 Å². The first-order valence-corrected chi connectivity index (χ1v) is 4.63. The van der Waals surface area contributed by atoms with E-state index >= 15 is 0 Å². The smallest absolute Gasteiger partial charge is 0.228 e. The molecule has 0 fully saturated rings. The topological polar surface area (TPSA) is 43.1 Å². The second kappa shape index (κ2) is 2.90. The molecule has 66 valence electrons. The second-order valence-electron chi connectivity index (χ2n) is 3.40. The Morgan fingerprint density at radius 3 is 2.42 bits per heavy atom. The van der Waals surface area contributed by atoms with Crippen LogP contribution in [0.4, 0.5) is 0 Å². The van der Waals surface area contributed by atoms with Crippen molar-refractivity contribution in [3.63, 3.8) is 0 Å². The van der Waals surface area contributed by atoms with Crippen molar-refractivity contribution in [2.75, 3.05) is 0 Å². The van der Waals surface area contributed by atoms with Crippen LogP contribution >= 0.6 is 11.3 Å². The number of rotatable bonds is 2. The molecule has 0 saturated heterocycles. The van der Waals surface area contributed by atoms with Gasteiger partial charge >= 0.3 is 0 Å². The van der Waals surface area contributed by atoms with Crippen molar-refractivity contribution >= 4 is 17.2 Å². The molecule has 1 aromatic rings. The Morgan fingerprint density at radius 2 is 2.08 bits per heavy atom. The van der Waals surface area contributed by atoms with E-state index in [2.05, 4.69) is 0 Å². The molecule has 1 heterocycles. The fourth-order valence-corrected chi connectivity index (χ4v) is 1.87. The lowest BCUT2D eigenvalue weighted by Gasteiger charge is -2.17. The van der Waals surface area contributed by atoms with E-state index in [-0.39, 0.29) is 5.91 Å². The van der Waals surface area contributed by atoms with E-state index < -0.39 is 5.41 Å². The Bertz CT molecular complexity index is 301. The van der Waals surface area contributed by atoms with Gasteiger partial charge in [0.25, 0.3) is 0 Å². The summed E-state index contributed by atoms with van der Waals surface area (Å²) >= 11 is 1.62. The molecule has 0 unspecified atom stereocenters. The molecule has 2 nitrogen and oxygen atoms in total. The number of thiophene rings is 1. The summed E-state index contributed by atoms with van der Waals surface area (Å²) in [5, 5.41) is 0. The molecule has 1 amide bonds. The van der Waals surface area contributed by atoms with Crippen molar-refractivity contribution in [1.82, 2.24) is 0 Å². The maximum atomic E-state index is 11.1. The predicted octanol–water partition coefficient (Wildman–Crippen LogP) is 1.82. The molecule has 0 aliphatic rings. The summed E-state index contributed by atoms with van der Waals surface area (Å²) in [4.78, 5) is 13.3. The van der Waals surface area contributed by atoms with Gasteiger partial charge in [-0.05, 0) is 32.9 Å². The minimum Gasteiger partial charge on any atom is -0.369 e. The van der Waals surface area contributed by atoms with E-state index in [1.165, 1.54) is 4.88 Å². The minimum absolute atomic E-state index is 0.274. The van der Waals surface area contributed by atoms with E-state index in [9.17, 15) is 4.79 Å². The summed E-state index contributed by atoms with van der Waals surface area (Å²) in [6.07, 6.45) is 0. The van der Waals surface area contributed by atoms with Gasteiger partial charge in [0, 0.05) is 9.75 Å². The summed E-state index contributed by atoms with van der Waals surface area (Å²) in [7, 11) is 0. The Kier molecular flexibility index (Phi) is 2.24. The molecule has 0 bridgehead atoms.